The first-order valence-electron chi connectivity index (χ1n) is 5.66. The normalized spacial score (nSPS) is 28.2. The van der Waals surface area contributed by atoms with Crippen molar-refractivity contribution in [3.05, 3.63) is 24.4 Å². The van der Waals surface area contributed by atoms with Gasteiger partial charge in [-0.25, -0.2) is 4.98 Å². The lowest BCUT2D eigenvalue weighted by atomic mass is 9.99. The third-order valence-corrected chi connectivity index (χ3v) is 4.50. The molecule has 0 aromatic carbocycles. The molecule has 2 unspecified atom stereocenters. The molecule has 2 atom stereocenters. The highest BCUT2D eigenvalue weighted by atomic mass is 32.2. The largest absolute Gasteiger partial charge is 0.480 e. The number of carboxylic acids is 1. The average Bonchev–Trinajstić information content (AvgIpc) is 2.75. The second kappa shape index (κ2) is 5.06. The molecule has 1 aromatic heterocycles. The number of hydrogen-bond donors (Lipinski definition) is 2. The number of hydrogen-bond acceptors (Lipinski definition) is 4. The number of nitrogens with zero attached hydrogens (tertiary/aromatic N) is 1. The maximum atomic E-state index is 11.3. The summed E-state index contributed by atoms with van der Waals surface area (Å²) in [6.07, 6.45) is 4.01. The summed E-state index contributed by atoms with van der Waals surface area (Å²) in [5.74, 6) is -0.746. The van der Waals surface area contributed by atoms with Gasteiger partial charge in [-0.2, -0.15) is 0 Å². The van der Waals surface area contributed by atoms with Gasteiger partial charge in [0.05, 0.1) is 5.03 Å². The van der Waals surface area contributed by atoms with Crippen LogP contribution >= 0.6 is 11.8 Å². The first-order chi connectivity index (χ1) is 8.16. The Morgan fingerprint density at radius 1 is 1.65 bits per heavy atom. The smallest absolute Gasteiger partial charge is 0.323 e. The van der Waals surface area contributed by atoms with E-state index < -0.39 is 11.5 Å². The molecule has 1 aliphatic rings. The molecule has 1 fully saturated rings. The lowest BCUT2D eigenvalue weighted by Gasteiger charge is -2.23. The molecule has 5 heteroatoms. The van der Waals surface area contributed by atoms with Crippen LogP contribution in [-0.4, -0.2) is 33.9 Å². The monoisotopic (exact) mass is 252 g/mol. The molecular formula is C12H16N2O2S. The van der Waals surface area contributed by atoms with Crippen molar-refractivity contribution < 1.29 is 9.90 Å². The maximum Gasteiger partial charge on any atom is 0.323 e. The molecule has 0 amide bonds. The van der Waals surface area contributed by atoms with Gasteiger partial charge in [-0.3, -0.25) is 4.79 Å². The Kier molecular flexibility index (Phi) is 3.69. The van der Waals surface area contributed by atoms with Crippen LogP contribution in [0.5, 0.6) is 0 Å². The molecule has 2 N–H and O–H groups in total. The Labute approximate surface area is 105 Å². The minimum Gasteiger partial charge on any atom is -0.480 e. The van der Waals surface area contributed by atoms with Gasteiger partial charge in [0.25, 0.3) is 0 Å². The quantitative estimate of drug-likeness (QED) is 0.855. The fraction of sp³-hybridized carbons (Fsp3) is 0.500. The van der Waals surface area contributed by atoms with Gasteiger partial charge in [0.15, 0.2) is 0 Å². The lowest BCUT2D eigenvalue weighted by molar-refractivity contribution is -0.144. The van der Waals surface area contributed by atoms with Crippen LogP contribution < -0.4 is 5.32 Å². The van der Waals surface area contributed by atoms with Crippen molar-refractivity contribution in [1.29, 1.82) is 0 Å². The summed E-state index contributed by atoms with van der Waals surface area (Å²) >= 11 is 1.67. The van der Waals surface area contributed by atoms with E-state index in [0.29, 0.717) is 18.1 Å². The first kappa shape index (κ1) is 12.4. The number of thioether (sulfide) groups is 1. The zero-order valence-electron chi connectivity index (χ0n) is 9.72. The number of carboxylic acid groups (broad SMARTS) is 1. The second-order valence-corrected chi connectivity index (χ2v) is 5.61. The van der Waals surface area contributed by atoms with Crippen molar-refractivity contribution in [3.63, 3.8) is 0 Å². The summed E-state index contributed by atoms with van der Waals surface area (Å²) in [5.41, 5.74) is -0.744. The van der Waals surface area contributed by atoms with E-state index in [1.807, 2.05) is 18.2 Å². The summed E-state index contributed by atoms with van der Waals surface area (Å²) in [4.78, 5) is 15.5. The fourth-order valence-electron chi connectivity index (χ4n) is 2.22. The van der Waals surface area contributed by atoms with Crippen LogP contribution in [0.4, 0.5) is 0 Å². The summed E-state index contributed by atoms with van der Waals surface area (Å²) in [6.45, 7) is 0. The van der Waals surface area contributed by atoms with Gasteiger partial charge >= 0.3 is 5.97 Å². The fourth-order valence-corrected chi connectivity index (χ4v) is 3.44. The van der Waals surface area contributed by atoms with Crippen LogP contribution in [0.3, 0.4) is 0 Å². The highest BCUT2D eigenvalue weighted by Crippen LogP contribution is 2.39. The van der Waals surface area contributed by atoms with E-state index in [4.69, 9.17) is 0 Å². The van der Waals surface area contributed by atoms with Crippen molar-refractivity contribution in [2.45, 2.75) is 35.1 Å². The Hall–Kier alpha value is -1.07. The van der Waals surface area contributed by atoms with E-state index in [1.165, 1.54) is 0 Å². The molecule has 1 aromatic rings. The van der Waals surface area contributed by atoms with E-state index >= 15 is 0 Å². The molecule has 92 valence electrons. The van der Waals surface area contributed by atoms with Gasteiger partial charge in [-0.1, -0.05) is 6.07 Å². The molecule has 2 rings (SSSR count). The highest BCUT2D eigenvalue weighted by Gasteiger charge is 2.44. The van der Waals surface area contributed by atoms with Crippen LogP contribution in [0.25, 0.3) is 0 Å². The number of likely N-dealkylation sites (N-methyl/N-ethyl adjacent to an activating group) is 1. The van der Waals surface area contributed by atoms with E-state index in [9.17, 15) is 9.90 Å². The molecular weight excluding hydrogens is 236 g/mol. The Balaban J connectivity index is 2.01. The third kappa shape index (κ3) is 2.61. The van der Waals surface area contributed by atoms with Gasteiger partial charge in [0.2, 0.25) is 0 Å². The van der Waals surface area contributed by atoms with Crippen LogP contribution in [-0.2, 0) is 4.79 Å². The SMILES string of the molecule is CNC1(C(=O)O)CCC(Sc2ccccn2)C1. The van der Waals surface area contributed by atoms with Crippen LogP contribution in [0.2, 0.25) is 0 Å². The minimum absolute atomic E-state index is 0.327. The van der Waals surface area contributed by atoms with Crippen molar-refractivity contribution in [1.82, 2.24) is 10.3 Å². The maximum absolute atomic E-state index is 11.3. The molecule has 1 aliphatic carbocycles. The van der Waals surface area contributed by atoms with Gasteiger partial charge < -0.3 is 10.4 Å². The van der Waals surface area contributed by atoms with Gasteiger partial charge in [0.1, 0.15) is 5.54 Å². The van der Waals surface area contributed by atoms with Crippen molar-refractivity contribution >= 4 is 17.7 Å². The van der Waals surface area contributed by atoms with Gasteiger partial charge in [0, 0.05) is 11.4 Å². The Morgan fingerprint density at radius 3 is 3.00 bits per heavy atom. The zero-order valence-corrected chi connectivity index (χ0v) is 10.5. The lowest BCUT2D eigenvalue weighted by Crippen LogP contribution is -2.48. The number of rotatable bonds is 4. The van der Waals surface area contributed by atoms with Gasteiger partial charge in [-0.05, 0) is 38.4 Å². The van der Waals surface area contributed by atoms with Crippen molar-refractivity contribution in [2.75, 3.05) is 7.05 Å². The molecule has 0 radical (unpaired) electrons. The summed E-state index contributed by atoms with van der Waals surface area (Å²) in [6, 6.07) is 5.80. The molecule has 0 spiro atoms. The number of nitrogens with one attached hydrogen (secondary N) is 1. The molecule has 0 bridgehead atoms. The molecule has 17 heavy (non-hydrogen) atoms. The third-order valence-electron chi connectivity index (χ3n) is 3.28. The highest BCUT2D eigenvalue weighted by molar-refractivity contribution is 7.99. The second-order valence-electron chi connectivity index (χ2n) is 4.29. The van der Waals surface area contributed by atoms with Crippen LogP contribution in [0.1, 0.15) is 19.3 Å². The summed E-state index contributed by atoms with van der Waals surface area (Å²) in [5, 5.41) is 13.5. The molecule has 0 aliphatic heterocycles. The molecule has 1 heterocycles. The standard InChI is InChI=1S/C12H16N2O2S/c1-13-12(11(15)16)6-5-9(8-12)17-10-4-2-3-7-14-10/h2-4,7,9,13H,5-6,8H2,1H3,(H,15,16). The van der Waals surface area contributed by atoms with E-state index in [-0.39, 0.29) is 0 Å². The van der Waals surface area contributed by atoms with E-state index in [0.717, 1.165) is 11.4 Å². The zero-order chi connectivity index (χ0) is 12.3. The van der Waals surface area contributed by atoms with Crippen LogP contribution in [0.15, 0.2) is 29.4 Å². The van der Waals surface area contributed by atoms with E-state index in [1.54, 1.807) is 25.0 Å². The van der Waals surface area contributed by atoms with Gasteiger partial charge in [-0.15, -0.1) is 11.8 Å². The summed E-state index contributed by atoms with van der Waals surface area (Å²) in [7, 11) is 1.72. The molecule has 1 saturated carbocycles. The van der Waals surface area contributed by atoms with Crippen molar-refractivity contribution in [2.24, 2.45) is 0 Å². The molecule has 0 saturated heterocycles. The number of carbonyl (C=O) groups is 1. The van der Waals surface area contributed by atoms with Crippen molar-refractivity contribution in [3.8, 4) is 0 Å². The summed E-state index contributed by atoms with van der Waals surface area (Å²) < 4.78 is 0. The van der Waals surface area contributed by atoms with Crippen LogP contribution in [0, 0.1) is 0 Å². The topological polar surface area (TPSA) is 62.2 Å². The average molecular weight is 252 g/mol. The predicted molar refractivity (Wildman–Crippen MR) is 67.2 cm³/mol. The number of pyridine rings is 1. The minimum atomic E-state index is -0.746. The Morgan fingerprint density at radius 2 is 2.47 bits per heavy atom. The first-order valence-corrected chi connectivity index (χ1v) is 6.54. The predicted octanol–water partition coefficient (Wildman–Crippen LogP) is 1.77. The number of aliphatic carboxylic acids is 1. The van der Waals surface area contributed by atoms with E-state index in [2.05, 4.69) is 10.3 Å². The Bertz CT molecular complexity index is 399. The molecule has 4 nitrogen and oxygen atoms in total. The number of aromatic nitrogens is 1.